The van der Waals surface area contributed by atoms with Crippen molar-refractivity contribution in [3.8, 4) is 0 Å². The zero-order valence-electron chi connectivity index (χ0n) is 18.7. The standard InChI is InChI=1S/C19H38NO6PS/c1-17(2,3)25-27(22,26-18(4,5)6)28-15-24-16(21)19(7,8)9-10-20-11-13-23-14-12-20/h9-15H2,1-8H3. The van der Waals surface area contributed by atoms with E-state index < -0.39 is 23.4 Å². The Morgan fingerprint density at radius 3 is 1.96 bits per heavy atom. The molecule has 1 aliphatic rings. The predicted molar refractivity (Wildman–Crippen MR) is 113 cm³/mol. The van der Waals surface area contributed by atoms with Crippen LogP contribution in [0, 0.1) is 5.41 Å². The Morgan fingerprint density at radius 2 is 1.50 bits per heavy atom. The van der Waals surface area contributed by atoms with Crippen molar-refractivity contribution in [1.82, 2.24) is 4.90 Å². The fraction of sp³-hybridized carbons (Fsp3) is 0.947. The molecule has 0 aromatic rings. The third-order valence-electron chi connectivity index (χ3n) is 3.88. The van der Waals surface area contributed by atoms with Crippen LogP contribution in [-0.2, 0) is 27.9 Å². The summed E-state index contributed by atoms with van der Waals surface area (Å²) in [4.78, 5) is 14.8. The van der Waals surface area contributed by atoms with Crippen LogP contribution >= 0.6 is 18.2 Å². The number of nitrogens with zero attached hydrogens (tertiary/aromatic N) is 1. The third-order valence-corrected chi connectivity index (χ3v) is 7.68. The van der Waals surface area contributed by atoms with Crippen LogP contribution in [0.5, 0.6) is 0 Å². The molecule has 1 fully saturated rings. The molecular weight excluding hydrogens is 401 g/mol. The molecule has 0 aliphatic carbocycles. The van der Waals surface area contributed by atoms with E-state index in [0.29, 0.717) is 6.42 Å². The lowest BCUT2D eigenvalue weighted by atomic mass is 9.89. The van der Waals surface area contributed by atoms with Gasteiger partial charge in [0.15, 0.2) is 0 Å². The van der Waals surface area contributed by atoms with Gasteiger partial charge < -0.3 is 9.47 Å². The quantitative estimate of drug-likeness (QED) is 0.291. The number of esters is 1. The van der Waals surface area contributed by atoms with Crippen LogP contribution in [-0.4, -0.2) is 60.9 Å². The van der Waals surface area contributed by atoms with Gasteiger partial charge in [0.25, 0.3) is 0 Å². The van der Waals surface area contributed by atoms with Crippen LogP contribution < -0.4 is 0 Å². The minimum atomic E-state index is -3.49. The van der Waals surface area contributed by atoms with Gasteiger partial charge in [0, 0.05) is 24.5 Å². The summed E-state index contributed by atoms with van der Waals surface area (Å²) in [5.74, 6) is -0.394. The molecule has 7 nitrogen and oxygen atoms in total. The van der Waals surface area contributed by atoms with Crippen LogP contribution in [0.15, 0.2) is 0 Å². The van der Waals surface area contributed by atoms with Crippen molar-refractivity contribution in [3.05, 3.63) is 0 Å². The first-order chi connectivity index (χ1) is 12.6. The molecule has 0 N–H and O–H groups in total. The Morgan fingerprint density at radius 1 is 1.00 bits per heavy atom. The molecule has 1 rings (SSSR count). The smallest absolute Gasteiger partial charge is 0.393 e. The number of hydrogen-bond donors (Lipinski definition) is 0. The minimum absolute atomic E-state index is 0.0801. The highest BCUT2D eigenvalue weighted by Crippen LogP contribution is 2.64. The molecule has 0 bridgehead atoms. The molecule has 1 aliphatic heterocycles. The average molecular weight is 440 g/mol. The van der Waals surface area contributed by atoms with Crippen molar-refractivity contribution in [2.75, 3.05) is 38.8 Å². The van der Waals surface area contributed by atoms with Gasteiger partial charge in [-0.3, -0.25) is 18.7 Å². The van der Waals surface area contributed by atoms with Gasteiger partial charge in [-0.2, -0.15) is 0 Å². The first-order valence-electron chi connectivity index (χ1n) is 9.75. The predicted octanol–water partition coefficient (Wildman–Crippen LogP) is 4.71. The van der Waals surface area contributed by atoms with E-state index in [9.17, 15) is 9.36 Å². The van der Waals surface area contributed by atoms with Gasteiger partial charge >= 0.3 is 12.8 Å². The molecular formula is C19H38NO6PS. The van der Waals surface area contributed by atoms with E-state index in [1.165, 1.54) is 0 Å². The van der Waals surface area contributed by atoms with Crippen molar-refractivity contribution in [3.63, 3.8) is 0 Å². The molecule has 0 saturated carbocycles. The average Bonchev–Trinajstić information content (AvgIpc) is 2.50. The lowest BCUT2D eigenvalue weighted by Crippen LogP contribution is -2.39. The van der Waals surface area contributed by atoms with E-state index >= 15 is 0 Å². The molecule has 0 aromatic heterocycles. The summed E-state index contributed by atoms with van der Waals surface area (Å²) in [6.07, 6.45) is 0.686. The van der Waals surface area contributed by atoms with Gasteiger partial charge in [0.1, 0.15) is 5.94 Å². The van der Waals surface area contributed by atoms with Crippen LogP contribution in [0.4, 0.5) is 0 Å². The molecule has 0 atom stereocenters. The van der Waals surface area contributed by atoms with E-state index in [1.54, 1.807) is 0 Å². The van der Waals surface area contributed by atoms with Gasteiger partial charge in [0.05, 0.1) is 29.8 Å². The number of morpholine rings is 1. The van der Waals surface area contributed by atoms with Crippen molar-refractivity contribution >= 4 is 24.1 Å². The van der Waals surface area contributed by atoms with Gasteiger partial charge in [-0.1, -0.05) is 0 Å². The summed E-state index contributed by atoms with van der Waals surface area (Å²) in [6, 6.07) is 0. The Kier molecular flexibility index (Phi) is 9.51. The highest BCUT2D eigenvalue weighted by atomic mass is 32.7. The molecule has 0 unspecified atom stereocenters. The van der Waals surface area contributed by atoms with Gasteiger partial charge in [-0.05, 0) is 68.4 Å². The van der Waals surface area contributed by atoms with E-state index in [0.717, 1.165) is 44.2 Å². The molecule has 166 valence electrons. The normalized spacial score (nSPS) is 17.6. The highest BCUT2D eigenvalue weighted by molar-refractivity contribution is 8.55. The highest BCUT2D eigenvalue weighted by Gasteiger charge is 2.37. The third kappa shape index (κ3) is 10.6. The maximum absolute atomic E-state index is 13.1. The second-order valence-electron chi connectivity index (χ2n) is 9.62. The fourth-order valence-corrected chi connectivity index (χ4v) is 6.42. The van der Waals surface area contributed by atoms with Crippen LogP contribution in [0.2, 0.25) is 0 Å². The monoisotopic (exact) mass is 439 g/mol. The largest absolute Gasteiger partial charge is 0.454 e. The summed E-state index contributed by atoms with van der Waals surface area (Å²) < 4.78 is 35.2. The Balaban J connectivity index is 2.56. The number of rotatable bonds is 9. The van der Waals surface area contributed by atoms with Crippen molar-refractivity contribution < 1.29 is 27.9 Å². The van der Waals surface area contributed by atoms with Crippen molar-refractivity contribution in [2.45, 2.75) is 73.0 Å². The van der Waals surface area contributed by atoms with Crippen molar-refractivity contribution in [1.29, 1.82) is 0 Å². The van der Waals surface area contributed by atoms with E-state index in [4.69, 9.17) is 18.5 Å². The first-order valence-corrected chi connectivity index (χ1v) is 12.9. The summed E-state index contributed by atoms with van der Waals surface area (Å²) in [6.45, 7) is 15.2. The Labute approximate surface area is 174 Å². The molecule has 0 amide bonds. The van der Waals surface area contributed by atoms with Gasteiger partial charge in [0.2, 0.25) is 0 Å². The number of ether oxygens (including phenoxy) is 2. The van der Waals surface area contributed by atoms with Crippen LogP contribution in [0.3, 0.4) is 0 Å². The topological polar surface area (TPSA) is 74.3 Å². The molecule has 0 radical (unpaired) electrons. The van der Waals surface area contributed by atoms with Crippen LogP contribution in [0.25, 0.3) is 0 Å². The number of hydrogen-bond acceptors (Lipinski definition) is 8. The molecule has 28 heavy (non-hydrogen) atoms. The van der Waals surface area contributed by atoms with E-state index in [2.05, 4.69) is 4.90 Å². The van der Waals surface area contributed by atoms with E-state index in [-0.39, 0.29) is 11.9 Å². The van der Waals surface area contributed by atoms with Gasteiger partial charge in [-0.15, -0.1) is 0 Å². The maximum Gasteiger partial charge on any atom is 0.393 e. The molecule has 1 saturated heterocycles. The number of carbonyl (C=O) groups is 1. The summed E-state index contributed by atoms with van der Waals surface area (Å²) in [5.41, 5.74) is -1.91. The lowest BCUT2D eigenvalue weighted by molar-refractivity contribution is -0.152. The van der Waals surface area contributed by atoms with E-state index in [1.807, 2.05) is 55.4 Å². The van der Waals surface area contributed by atoms with Crippen molar-refractivity contribution in [2.24, 2.45) is 5.41 Å². The van der Waals surface area contributed by atoms with Crippen LogP contribution in [0.1, 0.15) is 61.8 Å². The SMILES string of the molecule is CC(C)(C)OP(=O)(OC(C)(C)C)SCOC(=O)C(C)(C)CCN1CCOCC1. The summed E-state index contributed by atoms with van der Waals surface area (Å²) >= 11 is 0.909. The van der Waals surface area contributed by atoms with Gasteiger partial charge in [-0.25, -0.2) is 4.57 Å². The molecule has 0 spiro atoms. The summed E-state index contributed by atoms with van der Waals surface area (Å²) in [5, 5.41) is 0. The Bertz CT molecular complexity index is 530. The lowest BCUT2D eigenvalue weighted by Gasteiger charge is -2.32. The second-order valence-corrected chi connectivity index (χ2v) is 13.5. The first kappa shape index (κ1) is 25.9. The second kappa shape index (κ2) is 10.3. The molecule has 0 aromatic carbocycles. The molecule has 1 heterocycles. The number of carbonyl (C=O) groups excluding carboxylic acids is 1. The fourth-order valence-electron chi connectivity index (χ4n) is 2.45. The molecule has 9 heteroatoms. The summed E-state index contributed by atoms with van der Waals surface area (Å²) in [7, 11) is 0. The zero-order chi connectivity index (χ0) is 21.6. The minimum Gasteiger partial charge on any atom is -0.454 e. The Hall–Kier alpha value is -0.110. The zero-order valence-corrected chi connectivity index (χ0v) is 20.4. The maximum atomic E-state index is 13.1.